The molecule has 4 nitrogen and oxygen atoms in total. The monoisotopic (exact) mass is 589 g/mol. The van der Waals surface area contributed by atoms with Crippen LogP contribution in [0.3, 0.4) is 0 Å². The fourth-order valence-electron chi connectivity index (χ4n) is 3.44. The van der Waals surface area contributed by atoms with Crippen molar-refractivity contribution in [2.75, 3.05) is 5.32 Å². The molecule has 1 rings (SSSR count). The average molecular weight is 592 g/mol. The van der Waals surface area contributed by atoms with E-state index >= 15 is 0 Å². The Morgan fingerprint density at radius 2 is 1.41 bits per heavy atom. The molecule has 1 aromatic carbocycles. The number of nitrogens with one attached hydrogen (secondary N) is 3. The number of halogens is 5. The molecule has 0 aliphatic heterocycles. The molecule has 34 heavy (non-hydrogen) atoms. The summed E-state index contributed by atoms with van der Waals surface area (Å²) in [4.78, 5) is 12.4. The molecule has 0 bridgehead atoms. The van der Waals surface area contributed by atoms with Gasteiger partial charge in [-0.25, -0.2) is 0 Å². The molecular weight excluding hydrogens is 556 g/mol. The van der Waals surface area contributed by atoms with Crippen LogP contribution < -0.4 is 16.0 Å². The number of hydrogen-bond acceptors (Lipinski definition) is 2. The van der Waals surface area contributed by atoms with E-state index in [4.69, 9.17) is 70.2 Å². The Morgan fingerprint density at radius 1 is 0.882 bits per heavy atom. The molecule has 0 aromatic heterocycles. The van der Waals surface area contributed by atoms with Crippen LogP contribution in [0, 0.1) is 0 Å². The van der Waals surface area contributed by atoms with Gasteiger partial charge in [-0.2, -0.15) is 0 Å². The third-order valence-corrected chi connectivity index (χ3v) is 6.78. The first-order chi connectivity index (χ1) is 16.1. The molecule has 0 saturated heterocycles. The van der Waals surface area contributed by atoms with Gasteiger partial charge in [0, 0.05) is 11.4 Å². The molecule has 3 N–H and O–H groups in total. The molecule has 194 valence electrons. The van der Waals surface area contributed by atoms with E-state index in [9.17, 15) is 4.79 Å². The minimum absolute atomic E-state index is 0.131. The summed E-state index contributed by atoms with van der Waals surface area (Å²) in [6.07, 6.45) is 14.1. The fourth-order valence-corrected chi connectivity index (χ4v) is 4.33. The van der Waals surface area contributed by atoms with Gasteiger partial charge in [-0.1, -0.05) is 136 Å². The summed E-state index contributed by atoms with van der Waals surface area (Å²) in [5, 5.41) is 9.47. The standard InChI is InChI=1S/C24H36Cl5N3OS/c1-2-3-4-5-6-7-8-9-10-11-12-13-14-21(33)31-22(24(27,28)29)32-23(34)30-20-17-18(25)15-16-19(20)26/h15-17,22H,2-14H2,1H3,(H,31,33)(H2,30,32,34)/t22-/m1/s1. The van der Waals surface area contributed by atoms with Crippen molar-refractivity contribution in [1.29, 1.82) is 0 Å². The third kappa shape index (κ3) is 15.1. The van der Waals surface area contributed by atoms with Crippen LogP contribution in [-0.2, 0) is 4.79 Å². The summed E-state index contributed by atoms with van der Waals surface area (Å²) >= 11 is 35.5. The number of benzene rings is 1. The zero-order chi connectivity index (χ0) is 25.4. The molecule has 0 fully saturated rings. The van der Waals surface area contributed by atoms with Crippen molar-refractivity contribution in [3.05, 3.63) is 28.2 Å². The summed E-state index contributed by atoms with van der Waals surface area (Å²) in [5.41, 5.74) is 0.498. The Balaban J connectivity index is 2.27. The first-order valence-corrected chi connectivity index (χ1v) is 14.3. The molecular formula is C24H36Cl5N3OS. The number of carbonyl (C=O) groups is 1. The van der Waals surface area contributed by atoms with E-state index in [1.54, 1.807) is 18.2 Å². The van der Waals surface area contributed by atoms with Crippen molar-refractivity contribution in [2.24, 2.45) is 0 Å². The maximum atomic E-state index is 12.4. The van der Waals surface area contributed by atoms with Crippen LogP contribution in [0.1, 0.15) is 90.4 Å². The number of rotatable bonds is 16. The van der Waals surface area contributed by atoms with Crippen LogP contribution in [0.2, 0.25) is 10.0 Å². The summed E-state index contributed by atoms with van der Waals surface area (Å²) < 4.78 is -1.81. The van der Waals surface area contributed by atoms with Gasteiger partial charge >= 0.3 is 0 Å². The van der Waals surface area contributed by atoms with Crippen LogP contribution in [0.4, 0.5) is 5.69 Å². The number of carbonyl (C=O) groups excluding carboxylic acids is 1. The highest BCUT2D eigenvalue weighted by Gasteiger charge is 2.34. The van der Waals surface area contributed by atoms with E-state index in [-0.39, 0.29) is 11.0 Å². The fraction of sp³-hybridized carbons (Fsp3) is 0.667. The van der Waals surface area contributed by atoms with Gasteiger partial charge in [-0.15, -0.1) is 0 Å². The highest BCUT2D eigenvalue weighted by atomic mass is 35.6. The predicted octanol–water partition coefficient (Wildman–Crippen LogP) is 9.18. The molecule has 0 saturated carbocycles. The van der Waals surface area contributed by atoms with Crippen molar-refractivity contribution in [3.63, 3.8) is 0 Å². The van der Waals surface area contributed by atoms with E-state index in [1.165, 1.54) is 57.8 Å². The van der Waals surface area contributed by atoms with Gasteiger partial charge in [0.05, 0.1) is 10.7 Å². The molecule has 0 aliphatic carbocycles. The van der Waals surface area contributed by atoms with Crippen LogP contribution in [-0.4, -0.2) is 21.0 Å². The van der Waals surface area contributed by atoms with Crippen molar-refractivity contribution >= 4 is 86.9 Å². The van der Waals surface area contributed by atoms with E-state index in [2.05, 4.69) is 22.9 Å². The number of anilines is 1. The third-order valence-electron chi connectivity index (χ3n) is 5.34. The summed E-state index contributed by atoms with van der Waals surface area (Å²) in [6, 6.07) is 4.91. The van der Waals surface area contributed by atoms with Gasteiger partial charge < -0.3 is 16.0 Å². The molecule has 10 heteroatoms. The second kappa shape index (κ2) is 18.1. The van der Waals surface area contributed by atoms with Gasteiger partial charge in [-0.3, -0.25) is 4.79 Å². The second-order valence-electron chi connectivity index (χ2n) is 8.40. The van der Waals surface area contributed by atoms with E-state index in [0.717, 1.165) is 19.3 Å². The number of alkyl halides is 3. The van der Waals surface area contributed by atoms with Gasteiger partial charge in [-0.05, 0) is 36.8 Å². The Bertz CT molecular complexity index is 746. The first-order valence-electron chi connectivity index (χ1n) is 12.0. The van der Waals surface area contributed by atoms with E-state index in [0.29, 0.717) is 22.2 Å². The lowest BCUT2D eigenvalue weighted by molar-refractivity contribution is -0.122. The lowest BCUT2D eigenvalue weighted by Crippen LogP contribution is -2.56. The lowest BCUT2D eigenvalue weighted by Gasteiger charge is -2.28. The summed E-state index contributed by atoms with van der Waals surface area (Å²) in [5.74, 6) is -0.209. The van der Waals surface area contributed by atoms with Crippen LogP contribution in [0.15, 0.2) is 18.2 Å². The quantitative estimate of drug-likeness (QED) is 0.0776. The SMILES string of the molecule is CCCCCCCCCCCCCCC(=O)N[C@H](NC(=S)Nc1cc(Cl)ccc1Cl)C(Cl)(Cl)Cl. The summed E-state index contributed by atoms with van der Waals surface area (Å²) in [6.45, 7) is 2.24. The van der Waals surface area contributed by atoms with Gasteiger partial charge in [0.2, 0.25) is 9.70 Å². The highest BCUT2D eigenvalue weighted by molar-refractivity contribution is 7.80. The van der Waals surface area contributed by atoms with E-state index in [1.807, 2.05) is 0 Å². The molecule has 0 aliphatic rings. The number of thiocarbonyl (C=S) groups is 1. The topological polar surface area (TPSA) is 53.2 Å². The van der Waals surface area contributed by atoms with Gasteiger partial charge in [0.1, 0.15) is 6.17 Å². The van der Waals surface area contributed by atoms with Crippen molar-refractivity contribution < 1.29 is 4.79 Å². The minimum atomic E-state index is -1.81. The molecule has 0 heterocycles. The van der Waals surface area contributed by atoms with Crippen molar-refractivity contribution in [1.82, 2.24) is 10.6 Å². The first kappa shape index (κ1) is 31.9. The predicted molar refractivity (Wildman–Crippen MR) is 154 cm³/mol. The van der Waals surface area contributed by atoms with Gasteiger partial charge in [0.25, 0.3) is 0 Å². The largest absolute Gasteiger partial charge is 0.339 e. The summed E-state index contributed by atoms with van der Waals surface area (Å²) in [7, 11) is 0. The molecule has 0 unspecified atom stereocenters. The number of unbranched alkanes of at least 4 members (excludes halogenated alkanes) is 11. The molecule has 1 atom stereocenters. The average Bonchev–Trinajstić information content (AvgIpc) is 2.76. The van der Waals surface area contributed by atoms with Crippen LogP contribution >= 0.6 is 70.2 Å². The molecule has 0 spiro atoms. The zero-order valence-electron chi connectivity index (χ0n) is 19.7. The zero-order valence-corrected chi connectivity index (χ0v) is 24.3. The van der Waals surface area contributed by atoms with Crippen LogP contribution in [0.5, 0.6) is 0 Å². The van der Waals surface area contributed by atoms with E-state index < -0.39 is 9.96 Å². The Kier molecular flexibility index (Phi) is 17.0. The minimum Gasteiger partial charge on any atom is -0.339 e. The normalized spacial score (nSPS) is 12.3. The van der Waals surface area contributed by atoms with Gasteiger partial charge in [0.15, 0.2) is 5.11 Å². The maximum absolute atomic E-state index is 12.4. The second-order valence-corrected chi connectivity index (χ2v) is 12.0. The lowest BCUT2D eigenvalue weighted by atomic mass is 10.0. The molecule has 0 radical (unpaired) electrons. The molecule has 1 amide bonds. The van der Waals surface area contributed by atoms with Crippen molar-refractivity contribution in [3.8, 4) is 0 Å². The Morgan fingerprint density at radius 3 is 1.94 bits per heavy atom. The Hall–Kier alpha value is -0.170. The van der Waals surface area contributed by atoms with Crippen LogP contribution in [0.25, 0.3) is 0 Å². The maximum Gasteiger partial charge on any atom is 0.228 e. The molecule has 1 aromatic rings. The number of amides is 1. The Labute approximate surface area is 235 Å². The highest BCUT2D eigenvalue weighted by Crippen LogP contribution is 2.30. The van der Waals surface area contributed by atoms with Crippen molar-refractivity contribution in [2.45, 2.75) is 100 Å². The number of hydrogen-bond donors (Lipinski definition) is 3. The smallest absolute Gasteiger partial charge is 0.228 e.